The maximum Gasteiger partial charge on any atom is 0.186 e. The minimum absolute atomic E-state index is 0.0494. The fourth-order valence-electron chi connectivity index (χ4n) is 1.04. The molecule has 1 aromatic carbocycles. The molecular weight excluding hydrogens is 306 g/mol. The Morgan fingerprint density at radius 1 is 1.59 bits per heavy atom. The summed E-state index contributed by atoms with van der Waals surface area (Å²) in [6.45, 7) is 0. The molecule has 0 saturated heterocycles. The van der Waals surface area contributed by atoms with Crippen LogP contribution in [0.25, 0.3) is 0 Å². The summed E-state index contributed by atoms with van der Waals surface area (Å²) >= 11 is 8.20. The first-order chi connectivity index (χ1) is 8.08. The number of nitrogens with zero attached hydrogens (tertiary/aromatic N) is 1. The Hall–Kier alpha value is -1.34. The van der Waals surface area contributed by atoms with Gasteiger partial charge in [-0.15, -0.1) is 0 Å². The van der Waals surface area contributed by atoms with Crippen LogP contribution in [0.3, 0.4) is 0 Å². The highest BCUT2D eigenvalue weighted by atomic mass is 79.9. The smallest absolute Gasteiger partial charge is 0.186 e. The number of hydrogen-bond donors (Lipinski definition) is 3. The summed E-state index contributed by atoms with van der Waals surface area (Å²) in [4.78, 5) is 0. The SMILES string of the molecule is CNC(=S)N/N=C\c1cc(O)c(OC)cc1Br. The minimum Gasteiger partial charge on any atom is -0.504 e. The molecular formula is C10H12BrN3O2S. The van der Waals surface area contributed by atoms with Crippen molar-refractivity contribution in [3.05, 3.63) is 22.2 Å². The van der Waals surface area contributed by atoms with Crippen molar-refractivity contribution in [1.29, 1.82) is 0 Å². The van der Waals surface area contributed by atoms with Crippen molar-refractivity contribution in [2.24, 2.45) is 5.10 Å². The number of nitrogens with one attached hydrogen (secondary N) is 2. The van der Waals surface area contributed by atoms with E-state index in [4.69, 9.17) is 17.0 Å². The summed E-state index contributed by atoms with van der Waals surface area (Å²) in [7, 11) is 3.18. The second kappa shape index (κ2) is 6.41. The Bertz CT molecular complexity index is 451. The molecule has 0 aliphatic rings. The fourth-order valence-corrected chi connectivity index (χ4v) is 1.52. The van der Waals surface area contributed by atoms with Crippen molar-refractivity contribution >= 4 is 39.5 Å². The Balaban J connectivity index is 2.85. The van der Waals surface area contributed by atoms with Crippen molar-refractivity contribution < 1.29 is 9.84 Å². The molecule has 5 nitrogen and oxygen atoms in total. The van der Waals surface area contributed by atoms with Gasteiger partial charge in [-0.3, -0.25) is 5.43 Å². The molecule has 0 aliphatic heterocycles. The molecule has 0 aliphatic carbocycles. The van der Waals surface area contributed by atoms with Crippen molar-refractivity contribution in [2.45, 2.75) is 0 Å². The van der Waals surface area contributed by atoms with Crippen molar-refractivity contribution in [3.8, 4) is 11.5 Å². The number of methoxy groups -OCH3 is 1. The van der Waals surface area contributed by atoms with E-state index in [1.54, 1.807) is 13.1 Å². The average Bonchev–Trinajstić information content (AvgIpc) is 2.32. The lowest BCUT2D eigenvalue weighted by Gasteiger charge is -2.06. The molecule has 0 fully saturated rings. The van der Waals surface area contributed by atoms with Gasteiger partial charge in [-0.25, -0.2) is 0 Å². The number of aromatic hydroxyl groups is 1. The molecule has 3 N–H and O–H groups in total. The summed E-state index contributed by atoms with van der Waals surface area (Å²) in [5, 5.41) is 16.6. The fraction of sp³-hybridized carbons (Fsp3) is 0.200. The van der Waals surface area contributed by atoms with Crippen LogP contribution in [0.2, 0.25) is 0 Å². The third-order valence-electron chi connectivity index (χ3n) is 1.89. The predicted molar refractivity (Wildman–Crippen MR) is 74.7 cm³/mol. The van der Waals surface area contributed by atoms with Gasteiger partial charge in [-0.2, -0.15) is 5.10 Å². The van der Waals surface area contributed by atoms with E-state index >= 15 is 0 Å². The topological polar surface area (TPSA) is 65.9 Å². The van der Waals surface area contributed by atoms with Gasteiger partial charge >= 0.3 is 0 Å². The number of ether oxygens (including phenoxy) is 1. The molecule has 0 radical (unpaired) electrons. The van der Waals surface area contributed by atoms with Crippen LogP contribution in [0, 0.1) is 0 Å². The number of rotatable bonds is 3. The van der Waals surface area contributed by atoms with Crippen LogP contribution in [0.4, 0.5) is 0 Å². The first kappa shape index (κ1) is 13.7. The molecule has 92 valence electrons. The van der Waals surface area contributed by atoms with Gasteiger partial charge in [0.15, 0.2) is 16.6 Å². The quantitative estimate of drug-likeness (QED) is 0.449. The first-order valence-electron chi connectivity index (χ1n) is 4.65. The summed E-state index contributed by atoms with van der Waals surface area (Å²) in [6.07, 6.45) is 1.53. The van der Waals surface area contributed by atoms with Crippen LogP contribution in [0.1, 0.15) is 5.56 Å². The Kier molecular flexibility index (Phi) is 5.17. The number of halogens is 1. The number of phenolic OH excluding ortho intramolecular Hbond substituents is 1. The lowest BCUT2D eigenvalue weighted by Crippen LogP contribution is -2.28. The van der Waals surface area contributed by atoms with Gasteiger partial charge in [0, 0.05) is 17.1 Å². The summed E-state index contributed by atoms with van der Waals surface area (Å²) in [5.41, 5.74) is 3.32. The van der Waals surface area contributed by atoms with Gasteiger partial charge in [0.2, 0.25) is 0 Å². The van der Waals surface area contributed by atoms with Crippen LogP contribution < -0.4 is 15.5 Å². The van der Waals surface area contributed by atoms with E-state index in [2.05, 4.69) is 31.8 Å². The minimum atomic E-state index is 0.0494. The van der Waals surface area contributed by atoms with Gasteiger partial charge in [0.1, 0.15) is 0 Å². The molecule has 7 heteroatoms. The average molecular weight is 318 g/mol. The zero-order valence-corrected chi connectivity index (χ0v) is 11.7. The normalized spacial score (nSPS) is 10.3. The second-order valence-electron chi connectivity index (χ2n) is 2.99. The second-order valence-corrected chi connectivity index (χ2v) is 4.26. The molecule has 1 rings (SSSR count). The lowest BCUT2D eigenvalue weighted by molar-refractivity contribution is 0.373. The molecule has 0 bridgehead atoms. The van der Waals surface area contributed by atoms with Crippen LogP contribution in [0.15, 0.2) is 21.7 Å². The van der Waals surface area contributed by atoms with E-state index < -0.39 is 0 Å². The molecule has 0 atom stereocenters. The molecule has 0 saturated carbocycles. The van der Waals surface area contributed by atoms with Crippen molar-refractivity contribution in [1.82, 2.24) is 10.7 Å². The number of thiocarbonyl (C=S) groups is 1. The number of benzene rings is 1. The van der Waals surface area contributed by atoms with Gasteiger partial charge in [-0.05, 0) is 40.3 Å². The highest BCUT2D eigenvalue weighted by molar-refractivity contribution is 9.10. The highest BCUT2D eigenvalue weighted by Crippen LogP contribution is 2.31. The third kappa shape index (κ3) is 3.86. The van der Waals surface area contributed by atoms with E-state index in [0.29, 0.717) is 16.4 Å². The maximum absolute atomic E-state index is 9.60. The summed E-state index contributed by atoms with van der Waals surface area (Å²) in [5.74, 6) is 0.445. The molecule has 17 heavy (non-hydrogen) atoms. The van der Waals surface area contributed by atoms with E-state index in [1.807, 2.05) is 0 Å². The van der Waals surface area contributed by atoms with Crippen molar-refractivity contribution in [3.63, 3.8) is 0 Å². The number of hydrazone groups is 1. The Morgan fingerprint density at radius 3 is 2.88 bits per heavy atom. The molecule has 0 heterocycles. The van der Waals surface area contributed by atoms with E-state index in [-0.39, 0.29) is 5.75 Å². The van der Waals surface area contributed by atoms with Crippen LogP contribution in [-0.2, 0) is 0 Å². The highest BCUT2D eigenvalue weighted by Gasteiger charge is 2.06. The van der Waals surface area contributed by atoms with Gasteiger partial charge in [0.25, 0.3) is 0 Å². The largest absolute Gasteiger partial charge is 0.504 e. The monoisotopic (exact) mass is 317 g/mol. The Morgan fingerprint density at radius 2 is 2.29 bits per heavy atom. The van der Waals surface area contributed by atoms with E-state index in [9.17, 15) is 5.11 Å². The Labute approximate surface area is 113 Å². The summed E-state index contributed by atoms with van der Waals surface area (Å²) in [6, 6.07) is 3.20. The number of phenols is 1. The van der Waals surface area contributed by atoms with E-state index in [0.717, 1.165) is 4.47 Å². The van der Waals surface area contributed by atoms with Crippen LogP contribution in [0.5, 0.6) is 11.5 Å². The molecule has 0 unspecified atom stereocenters. The van der Waals surface area contributed by atoms with Crippen LogP contribution in [-0.4, -0.2) is 30.6 Å². The first-order valence-corrected chi connectivity index (χ1v) is 5.86. The summed E-state index contributed by atoms with van der Waals surface area (Å²) < 4.78 is 5.73. The lowest BCUT2D eigenvalue weighted by atomic mass is 10.2. The molecule has 0 spiro atoms. The van der Waals surface area contributed by atoms with E-state index in [1.165, 1.54) is 19.4 Å². The molecule has 0 amide bonds. The molecule has 0 aromatic heterocycles. The molecule has 1 aromatic rings. The van der Waals surface area contributed by atoms with Crippen LogP contribution >= 0.6 is 28.1 Å². The number of hydrogen-bond acceptors (Lipinski definition) is 4. The van der Waals surface area contributed by atoms with Gasteiger partial charge < -0.3 is 15.2 Å². The van der Waals surface area contributed by atoms with Gasteiger partial charge in [-0.1, -0.05) is 0 Å². The predicted octanol–water partition coefficient (Wildman–Crippen LogP) is 1.59. The third-order valence-corrected chi connectivity index (χ3v) is 2.88. The maximum atomic E-state index is 9.60. The standard InChI is InChI=1S/C10H12BrN3O2S/c1-12-10(17)14-13-5-6-3-8(15)9(16-2)4-7(6)11/h3-5,15H,1-2H3,(H2,12,14,17)/b13-5-. The van der Waals surface area contributed by atoms with Gasteiger partial charge in [0.05, 0.1) is 13.3 Å². The zero-order valence-electron chi connectivity index (χ0n) is 9.32. The van der Waals surface area contributed by atoms with Crippen molar-refractivity contribution in [2.75, 3.05) is 14.2 Å². The zero-order chi connectivity index (χ0) is 12.8.